The van der Waals surface area contributed by atoms with Gasteiger partial charge in [-0.3, -0.25) is 0 Å². The Morgan fingerprint density at radius 2 is 1.78 bits per heavy atom. The zero-order valence-corrected chi connectivity index (χ0v) is 12.2. The molecular weight excluding hydrogens is 244 g/mol. The summed E-state index contributed by atoms with van der Waals surface area (Å²) in [5.74, 6) is 0.735. The van der Waals surface area contributed by atoms with Gasteiger partial charge in [0.15, 0.2) is 0 Å². The van der Waals surface area contributed by atoms with Crippen LogP contribution in [0.25, 0.3) is 0 Å². The molecule has 1 atom stereocenters. The number of hydrogen-bond donors (Lipinski definition) is 0. The summed E-state index contributed by atoms with van der Waals surface area (Å²) in [5.41, 5.74) is 1.25. The second-order valence-corrected chi connectivity index (χ2v) is 5.12. The zero-order valence-electron chi connectivity index (χ0n) is 11.4. The first-order valence-corrected chi connectivity index (χ1v) is 7.61. The average Bonchev–Trinajstić information content (AvgIpc) is 2.42. The van der Waals surface area contributed by atoms with E-state index in [0.717, 1.165) is 31.7 Å². The third kappa shape index (κ3) is 7.03. The van der Waals surface area contributed by atoms with E-state index in [1.807, 2.05) is 6.07 Å². The molecule has 0 heterocycles. The van der Waals surface area contributed by atoms with Crippen molar-refractivity contribution in [2.24, 2.45) is 0 Å². The number of rotatable bonds is 10. The molecule has 1 unspecified atom stereocenters. The van der Waals surface area contributed by atoms with Crippen LogP contribution < -0.4 is 0 Å². The lowest BCUT2D eigenvalue weighted by Crippen LogP contribution is -2.13. The van der Waals surface area contributed by atoms with E-state index in [1.54, 1.807) is 0 Å². The van der Waals surface area contributed by atoms with Crippen LogP contribution >= 0.6 is 11.6 Å². The van der Waals surface area contributed by atoms with Crippen molar-refractivity contribution >= 4 is 11.6 Å². The van der Waals surface area contributed by atoms with Crippen LogP contribution in [-0.2, 0) is 11.3 Å². The molecule has 2 heteroatoms. The maximum atomic E-state index is 6.02. The van der Waals surface area contributed by atoms with E-state index in [4.69, 9.17) is 16.3 Å². The maximum absolute atomic E-state index is 6.02. The molecule has 18 heavy (non-hydrogen) atoms. The Morgan fingerprint density at radius 1 is 1.06 bits per heavy atom. The Morgan fingerprint density at radius 3 is 2.44 bits per heavy atom. The predicted octanol–water partition coefficient (Wildman–Crippen LogP) is 5.17. The Balaban J connectivity index is 2.30. The van der Waals surface area contributed by atoms with Crippen LogP contribution in [0.15, 0.2) is 30.3 Å². The van der Waals surface area contributed by atoms with Crippen LogP contribution in [0.4, 0.5) is 0 Å². The highest BCUT2D eigenvalue weighted by molar-refractivity contribution is 6.17. The molecule has 0 saturated heterocycles. The van der Waals surface area contributed by atoms with Gasteiger partial charge in [-0.15, -0.1) is 11.6 Å². The molecule has 0 aliphatic carbocycles. The van der Waals surface area contributed by atoms with Crippen molar-refractivity contribution in [1.82, 2.24) is 0 Å². The van der Waals surface area contributed by atoms with Crippen molar-refractivity contribution in [1.29, 1.82) is 0 Å². The minimum absolute atomic E-state index is 0.371. The second kappa shape index (κ2) is 10.4. The van der Waals surface area contributed by atoms with E-state index >= 15 is 0 Å². The molecule has 0 spiro atoms. The minimum Gasteiger partial charge on any atom is -0.374 e. The van der Waals surface area contributed by atoms with Crippen LogP contribution in [0, 0.1) is 0 Å². The summed E-state index contributed by atoms with van der Waals surface area (Å²) in [7, 11) is 0. The first-order valence-electron chi connectivity index (χ1n) is 7.08. The molecule has 0 radical (unpaired) electrons. The van der Waals surface area contributed by atoms with Crippen molar-refractivity contribution in [3.8, 4) is 0 Å². The fourth-order valence-corrected chi connectivity index (χ4v) is 2.18. The van der Waals surface area contributed by atoms with Crippen LogP contribution in [0.5, 0.6) is 0 Å². The van der Waals surface area contributed by atoms with Crippen molar-refractivity contribution in [2.45, 2.75) is 58.2 Å². The molecule has 102 valence electrons. The zero-order chi connectivity index (χ0) is 13.1. The summed E-state index contributed by atoms with van der Waals surface area (Å²) in [6.45, 7) is 2.96. The Labute approximate surface area is 116 Å². The molecule has 0 amide bonds. The van der Waals surface area contributed by atoms with Gasteiger partial charge in [0.2, 0.25) is 0 Å². The predicted molar refractivity (Wildman–Crippen MR) is 79.1 cm³/mol. The molecule has 0 saturated carbocycles. The number of ether oxygens (including phenoxy) is 1. The molecule has 0 N–H and O–H groups in total. The number of benzene rings is 1. The standard InChI is InChI=1S/C16H25ClO/c1-2-3-5-11-16(12-8-13-17)18-14-15-9-6-4-7-10-15/h4,6-7,9-10,16H,2-3,5,8,11-14H2,1H3. The fourth-order valence-electron chi connectivity index (χ4n) is 2.03. The lowest BCUT2D eigenvalue weighted by molar-refractivity contribution is 0.0275. The van der Waals surface area contributed by atoms with Gasteiger partial charge in [0.25, 0.3) is 0 Å². The summed E-state index contributed by atoms with van der Waals surface area (Å²) >= 11 is 5.77. The van der Waals surface area contributed by atoms with E-state index in [2.05, 4.69) is 31.2 Å². The smallest absolute Gasteiger partial charge is 0.0720 e. The summed E-state index contributed by atoms with van der Waals surface area (Å²) in [5, 5.41) is 0. The van der Waals surface area contributed by atoms with Gasteiger partial charge in [-0.2, -0.15) is 0 Å². The fraction of sp³-hybridized carbons (Fsp3) is 0.625. The van der Waals surface area contributed by atoms with Crippen molar-refractivity contribution in [2.75, 3.05) is 5.88 Å². The summed E-state index contributed by atoms with van der Waals surface area (Å²) in [4.78, 5) is 0. The van der Waals surface area contributed by atoms with Crippen LogP contribution in [0.3, 0.4) is 0 Å². The van der Waals surface area contributed by atoms with Gasteiger partial charge in [-0.1, -0.05) is 56.5 Å². The highest BCUT2D eigenvalue weighted by atomic mass is 35.5. The quantitative estimate of drug-likeness (QED) is 0.420. The number of halogens is 1. The molecule has 0 aromatic heterocycles. The first-order chi connectivity index (χ1) is 8.86. The van der Waals surface area contributed by atoms with Crippen molar-refractivity contribution in [3.63, 3.8) is 0 Å². The van der Waals surface area contributed by atoms with Crippen LogP contribution in [-0.4, -0.2) is 12.0 Å². The van der Waals surface area contributed by atoms with Gasteiger partial charge < -0.3 is 4.74 Å². The molecule has 1 aromatic rings. The third-order valence-corrected chi connectivity index (χ3v) is 3.39. The Kier molecular flexibility index (Phi) is 8.97. The Hall–Kier alpha value is -0.530. The van der Waals surface area contributed by atoms with E-state index in [-0.39, 0.29) is 0 Å². The van der Waals surface area contributed by atoms with Gasteiger partial charge in [-0.05, 0) is 24.8 Å². The van der Waals surface area contributed by atoms with Crippen LogP contribution in [0.1, 0.15) is 51.0 Å². The van der Waals surface area contributed by atoms with Crippen molar-refractivity contribution in [3.05, 3.63) is 35.9 Å². The van der Waals surface area contributed by atoms with Gasteiger partial charge in [-0.25, -0.2) is 0 Å². The topological polar surface area (TPSA) is 9.23 Å². The van der Waals surface area contributed by atoms with Crippen molar-refractivity contribution < 1.29 is 4.74 Å². The summed E-state index contributed by atoms with van der Waals surface area (Å²) < 4.78 is 6.02. The third-order valence-electron chi connectivity index (χ3n) is 3.12. The normalized spacial score (nSPS) is 12.6. The average molecular weight is 269 g/mol. The number of hydrogen-bond acceptors (Lipinski definition) is 1. The lowest BCUT2D eigenvalue weighted by atomic mass is 10.1. The molecule has 0 bridgehead atoms. The SMILES string of the molecule is CCCCCC(CCCCl)OCc1ccccc1. The van der Waals surface area contributed by atoms with E-state index < -0.39 is 0 Å². The van der Waals surface area contributed by atoms with Gasteiger partial charge >= 0.3 is 0 Å². The van der Waals surface area contributed by atoms with Gasteiger partial charge in [0, 0.05) is 5.88 Å². The molecule has 1 rings (SSSR count). The summed E-state index contributed by atoms with van der Waals surface area (Å²) in [6, 6.07) is 10.4. The molecule has 1 nitrogen and oxygen atoms in total. The monoisotopic (exact) mass is 268 g/mol. The maximum Gasteiger partial charge on any atom is 0.0720 e. The molecule has 0 fully saturated rings. The Bertz CT molecular complexity index is 286. The first kappa shape index (κ1) is 15.5. The van der Waals surface area contributed by atoms with Gasteiger partial charge in [0.05, 0.1) is 12.7 Å². The molecule has 0 aliphatic rings. The highest BCUT2D eigenvalue weighted by Gasteiger charge is 2.08. The van der Waals surface area contributed by atoms with E-state index in [1.165, 1.54) is 24.8 Å². The second-order valence-electron chi connectivity index (χ2n) is 4.75. The molecule has 1 aromatic carbocycles. The minimum atomic E-state index is 0.371. The number of alkyl halides is 1. The molecule has 0 aliphatic heterocycles. The largest absolute Gasteiger partial charge is 0.374 e. The van der Waals surface area contributed by atoms with Crippen LogP contribution in [0.2, 0.25) is 0 Å². The van der Waals surface area contributed by atoms with Gasteiger partial charge in [0.1, 0.15) is 0 Å². The highest BCUT2D eigenvalue weighted by Crippen LogP contribution is 2.15. The summed E-state index contributed by atoms with van der Waals surface area (Å²) in [6.07, 6.45) is 7.49. The van der Waals surface area contributed by atoms with E-state index in [9.17, 15) is 0 Å². The molecular formula is C16H25ClO. The lowest BCUT2D eigenvalue weighted by Gasteiger charge is -2.17. The number of unbranched alkanes of at least 4 members (excludes halogenated alkanes) is 2. The van der Waals surface area contributed by atoms with E-state index in [0.29, 0.717) is 6.10 Å².